The third-order valence-electron chi connectivity index (χ3n) is 1.22. The highest BCUT2D eigenvalue weighted by atomic mass is 32.2. The van der Waals surface area contributed by atoms with Crippen LogP contribution in [-0.2, 0) is 9.59 Å². The average Bonchev–Trinajstić information content (AvgIpc) is 2.58. The van der Waals surface area contributed by atoms with E-state index >= 15 is 0 Å². The molecule has 0 unspecified atom stereocenters. The Morgan fingerprint density at radius 2 is 1.25 bits per heavy atom. The van der Waals surface area contributed by atoms with Crippen molar-refractivity contribution in [2.45, 2.75) is 0 Å². The number of carbonyl (C=O) groups excluding carboxylic acids is 2. The smallest absolute Gasteiger partial charge is 0.204 e. The zero-order valence-corrected chi connectivity index (χ0v) is 9.13. The number of rotatable bonds is 0. The Balaban J connectivity index is 2.16. The first kappa shape index (κ1) is 9.05. The largest absolute Gasteiger partial charge is 0.286 e. The van der Waals surface area contributed by atoms with E-state index in [2.05, 4.69) is 0 Å². The summed E-state index contributed by atoms with van der Waals surface area (Å²) in [5.41, 5.74) is 0. The van der Waals surface area contributed by atoms with Crippen LogP contribution >= 0.6 is 47.0 Å². The molecule has 2 heterocycles. The van der Waals surface area contributed by atoms with Gasteiger partial charge in [-0.2, -0.15) is 0 Å². The van der Waals surface area contributed by atoms with Crippen molar-refractivity contribution in [3.8, 4) is 0 Å². The van der Waals surface area contributed by atoms with Crippen LogP contribution in [0, 0.1) is 0 Å². The van der Waals surface area contributed by atoms with Gasteiger partial charge in [0, 0.05) is 0 Å². The Kier molecular flexibility index (Phi) is 2.78. The lowest BCUT2D eigenvalue weighted by molar-refractivity contribution is -0.109. The zero-order valence-electron chi connectivity index (χ0n) is 5.86. The zero-order chi connectivity index (χ0) is 8.55. The standard InChI is InChI=1S/C6H4O2S4/c7-3-1-9-5(11-3)6-10-2-4(8)12-6/h1-2H2. The molecule has 64 valence electrons. The van der Waals surface area contributed by atoms with Crippen LogP contribution < -0.4 is 0 Å². The summed E-state index contributed by atoms with van der Waals surface area (Å²) in [7, 11) is 0. The molecular formula is C6H4O2S4. The predicted molar refractivity (Wildman–Crippen MR) is 57.1 cm³/mol. The van der Waals surface area contributed by atoms with Crippen LogP contribution in [0.1, 0.15) is 0 Å². The summed E-state index contributed by atoms with van der Waals surface area (Å²) in [4.78, 5) is 21.8. The van der Waals surface area contributed by atoms with Crippen LogP contribution in [0.25, 0.3) is 0 Å². The second kappa shape index (κ2) is 3.69. The first-order valence-electron chi connectivity index (χ1n) is 3.17. The van der Waals surface area contributed by atoms with Crippen LogP contribution in [0.15, 0.2) is 8.47 Å². The van der Waals surface area contributed by atoms with E-state index in [0.29, 0.717) is 11.5 Å². The summed E-state index contributed by atoms with van der Waals surface area (Å²) < 4.78 is 2.06. The molecule has 0 aromatic carbocycles. The van der Waals surface area contributed by atoms with Crippen molar-refractivity contribution < 1.29 is 9.59 Å². The molecule has 0 atom stereocenters. The van der Waals surface area contributed by atoms with Gasteiger partial charge in [-0.25, -0.2) is 0 Å². The van der Waals surface area contributed by atoms with Gasteiger partial charge in [-0.3, -0.25) is 9.59 Å². The monoisotopic (exact) mass is 236 g/mol. The highest BCUT2D eigenvalue weighted by molar-refractivity contribution is 8.39. The SMILES string of the molecule is O=C1CSC(=C2SCC(=O)S2)S1. The maximum absolute atomic E-state index is 10.9. The Labute approximate surface area is 86.7 Å². The van der Waals surface area contributed by atoms with Crippen molar-refractivity contribution in [2.24, 2.45) is 0 Å². The van der Waals surface area contributed by atoms with Crippen molar-refractivity contribution in [2.75, 3.05) is 11.5 Å². The van der Waals surface area contributed by atoms with Crippen molar-refractivity contribution in [1.82, 2.24) is 0 Å². The lowest BCUT2D eigenvalue weighted by Gasteiger charge is -1.95. The first-order chi connectivity index (χ1) is 5.75. The van der Waals surface area contributed by atoms with Gasteiger partial charge in [-0.1, -0.05) is 0 Å². The van der Waals surface area contributed by atoms with E-state index < -0.39 is 0 Å². The minimum absolute atomic E-state index is 0.197. The van der Waals surface area contributed by atoms with Crippen molar-refractivity contribution in [3.05, 3.63) is 8.47 Å². The van der Waals surface area contributed by atoms with E-state index in [0.717, 1.165) is 8.47 Å². The summed E-state index contributed by atoms with van der Waals surface area (Å²) in [6.45, 7) is 0. The van der Waals surface area contributed by atoms with Gasteiger partial charge in [0.1, 0.15) is 0 Å². The maximum Gasteiger partial charge on any atom is 0.204 e. The van der Waals surface area contributed by atoms with E-state index in [1.807, 2.05) is 0 Å². The summed E-state index contributed by atoms with van der Waals surface area (Å²) in [5.74, 6) is 1.11. The van der Waals surface area contributed by atoms with Gasteiger partial charge in [-0.05, 0) is 23.5 Å². The molecule has 2 nitrogen and oxygen atoms in total. The van der Waals surface area contributed by atoms with E-state index in [-0.39, 0.29) is 10.2 Å². The topological polar surface area (TPSA) is 34.1 Å². The summed E-state index contributed by atoms with van der Waals surface area (Å²) in [6.07, 6.45) is 0. The van der Waals surface area contributed by atoms with E-state index in [1.54, 1.807) is 23.5 Å². The fourth-order valence-corrected chi connectivity index (χ4v) is 5.50. The molecule has 2 aliphatic heterocycles. The molecule has 0 aliphatic carbocycles. The lowest BCUT2D eigenvalue weighted by atomic mass is 10.9. The Bertz CT molecular complexity index is 255. The van der Waals surface area contributed by atoms with E-state index in [9.17, 15) is 9.59 Å². The van der Waals surface area contributed by atoms with Crippen molar-refractivity contribution >= 4 is 57.3 Å². The molecule has 0 aromatic rings. The predicted octanol–water partition coefficient (Wildman–Crippen LogP) is 2.13. The lowest BCUT2D eigenvalue weighted by Crippen LogP contribution is -1.82. The average molecular weight is 236 g/mol. The Morgan fingerprint density at radius 1 is 0.833 bits per heavy atom. The van der Waals surface area contributed by atoms with Crippen LogP contribution in [0.4, 0.5) is 0 Å². The second-order valence-electron chi connectivity index (χ2n) is 2.10. The highest BCUT2D eigenvalue weighted by Crippen LogP contribution is 2.50. The molecule has 0 aromatic heterocycles. The first-order valence-corrected chi connectivity index (χ1v) is 6.77. The molecule has 0 amide bonds. The number of hydrogen-bond donors (Lipinski definition) is 0. The van der Waals surface area contributed by atoms with Crippen molar-refractivity contribution in [1.29, 1.82) is 0 Å². The third-order valence-corrected chi connectivity index (χ3v) is 6.58. The molecular weight excluding hydrogens is 232 g/mol. The van der Waals surface area contributed by atoms with E-state index in [1.165, 1.54) is 23.5 Å². The maximum atomic E-state index is 10.9. The van der Waals surface area contributed by atoms with Gasteiger partial charge in [-0.15, -0.1) is 23.5 Å². The molecule has 2 saturated heterocycles. The molecule has 2 rings (SSSR count). The Hall–Kier alpha value is 0.480. The molecule has 12 heavy (non-hydrogen) atoms. The van der Waals surface area contributed by atoms with Gasteiger partial charge in [0.2, 0.25) is 10.2 Å². The Morgan fingerprint density at radius 3 is 1.50 bits per heavy atom. The highest BCUT2D eigenvalue weighted by Gasteiger charge is 2.27. The fraction of sp³-hybridized carbons (Fsp3) is 0.333. The summed E-state index contributed by atoms with van der Waals surface area (Å²) in [5, 5.41) is 0.395. The molecule has 2 aliphatic rings. The number of carbonyl (C=O) groups is 2. The fourth-order valence-electron chi connectivity index (χ4n) is 0.775. The van der Waals surface area contributed by atoms with Gasteiger partial charge in [0.25, 0.3) is 0 Å². The van der Waals surface area contributed by atoms with Gasteiger partial charge >= 0.3 is 0 Å². The normalized spacial score (nSPS) is 30.3. The van der Waals surface area contributed by atoms with Crippen LogP contribution in [-0.4, -0.2) is 21.7 Å². The van der Waals surface area contributed by atoms with Crippen molar-refractivity contribution in [3.63, 3.8) is 0 Å². The summed E-state index contributed by atoms with van der Waals surface area (Å²) >= 11 is 5.65. The molecule has 6 heteroatoms. The minimum atomic E-state index is 0.197. The summed E-state index contributed by atoms with van der Waals surface area (Å²) in [6, 6.07) is 0. The number of thioether (sulfide) groups is 4. The van der Waals surface area contributed by atoms with Crippen LogP contribution in [0.2, 0.25) is 0 Å². The molecule has 0 bridgehead atoms. The van der Waals surface area contributed by atoms with Gasteiger partial charge < -0.3 is 0 Å². The minimum Gasteiger partial charge on any atom is -0.286 e. The molecule has 0 saturated carbocycles. The van der Waals surface area contributed by atoms with E-state index in [4.69, 9.17) is 0 Å². The third kappa shape index (κ3) is 1.86. The molecule has 0 radical (unpaired) electrons. The van der Waals surface area contributed by atoms with Crippen LogP contribution in [0.5, 0.6) is 0 Å². The molecule has 2 fully saturated rings. The molecule has 0 spiro atoms. The second-order valence-corrected chi connectivity index (χ2v) is 6.72. The van der Waals surface area contributed by atoms with Gasteiger partial charge in [0.15, 0.2) is 0 Å². The molecule has 0 N–H and O–H groups in total. The quantitative estimate of drug-likeness (QED) is 0.641. The number of hydrogen-bond acceptors (Lipinski definition) is 6. The van der Waals surface area contributed by atoms with Gasteiger partial charge in [0.05, 0.1) is 20.0 Å². The van der Waals surface area contributed by atoms with Crippen LogP contribution in [0.3, 0.4) is 0 Å².